The number of ether oxygens (including phenoxy) is 1. The molecular weight excluding hydrogens is 194 g/mol. The van der Waals surface area contributed by atoms with E-state index in [-0.39, 0.29) is 12.1 Å². The standard InChI is InChI=1S/C10H19N3O2/c1-2-13(9-5-11-6-9)10(14)12-8-3-4-15-7-8/h8-9,11H,2-7H2,1H3,(H,12,14). The normalized spacial score (nSPS) is 26.1. The Bertz CT molecular complexity index is 225. The van der Waals surface area contributed by atoms with Crippen molar-refractivity contribution in [3.05, 3.63) is 0 Å². The zero-order valence-corrected chi connectivity index (χ0v) is 9.16. The highest BCUT2D eigenvalue weighted by Gasteiger charge is 2.29. The molecule has 2 rings (SSSR count). The Kier molecular flexibility index (Phi) is 3.43. The van der Waals surface area contributed by atoms with Gasteiger partial charge in [-0.15, -0.1) is 0 Å². The van der Waals surface area contributed by atoms with Crippen LogP contribution in [0.2, 0.25) is 0 Å². The van der Waals surface area contributed by atoms with Gasteiger partial charge in [0.05, 0.1) is 18.7 Å². The molecule has 0 spiro atoms. The smallest absolute Gasteiger partial charge is 0.318 e. The first-order chi connectivity index (χ1) is 7.31. The fourth-order valence-corrected chi connectivity index (χ4v) is 1.97. The van der Waals surface area contributed by atoms with Crippen LogP contribution in [0.25, 0.3) is 0 Å². The van der Waals surface area contributed by atoms with Gasteiger partial charge in [-0.3, -0.25) is 0 Å². The Morgan fingerprint density at radius 3 is 2.87 bits per heavy atom. The molecule has 5 heteroatoms. The monoisotopic (exact) mass is 213 g/mol. The molecule has 0 radical (unpaired) electrons. The minimum Gasteiger partial charge on any atom is -0.379 e. The lowest BCUT2D eigenvalue weighted by molar-refractivity contribution is 0.147. The molecular formula is C10H19N3O2. The van der Waals surface area contributed by atoms with Crippen molar-refractivity contribution >= 4 is 6.03 Å². The maximum atomic E-state index is 11.9. The van der Waals surface area contributed by atoms with Gasteiger partial charge in [0.2, 0.25) is 0 Å². The van der Waals surface area contributed by atoms with Crippen LogP contribution in [-0.4, -0.2) is 55.9 Å². The lowest BCUT2D eigenvalue weighted by atomic mass is 10.1. The fraction of sp³-hybridized carbons (Fsp3) is 0.900. The van der Waals surface area contributed by atoms with Crippen LogP contribution in [0.15, 0.2) is 0 Å². The second kappa shape index (κ2) is 4.81. The highest BCUT2D eigenvalue weighted by Crippen LogP contribution is 2.08. The van der Waals surface area contributed by atoms with Gasteiger partial charge in [-0.25, -0.2) is 4.79 Å². The molecule has 2 N–H and O–H groups in total. The minimum absolute atomic E-state index is 0.0551. The summed E-state index contributed by atoms with van der Waals surface area (Å²) in [7, 11) is 0. The molecule has 2 heterocycles. The summed E-state index contributed by atoms with van der Waals surface area (Å²) in [5.41, 5.74) is 0. The third-order valence-corrected chi connectivity index (χ3v) is 3.06. The van der Waals surface area contributed by atoms with Crippen molar-refractivity contribution in [3.8, 4) is 0 Å². The van der Waals surface area contributed by atoms with E-state index < -0.39 is 0 Å². The molecule has 0 bridgehead atoms. The summed E-state index contributed by atoms with van der Waals surface area (Å²) in [6.45, 7) is 6.05. The number of likely N-dealkylation sites (N-methyl/N-ethyl adjacent to an activating group) is 1. The maximum absolute atomic E-state index is 11.9. The first-order valence-corrected chi connectivity index (χ1v) is 5.67. The predicted octanol–water partition coefficient (Wildman–Crippen LogP) is -0.221. The first kappa shape index (κ1) is 10.7. The molecule has 5 nitrogen and oxygen atoms in total. The molecule has 0 aliphatic carbocycles. The molecule has 1 atom stereocenters. The number of amides is 2. The Morgan fingerprint density at radius 2 is 2.40 bits per heavy atom. The molecule has 2 aliphatic rings. The summed E-state index contributed by atoms with van der Waals surface area (Å²) in [6, 6.07) is 0.636. The van der Waals surface area contributed by atoms with Gasteiger partial charge in [-0.05, 0) is 13.3 Å². The average Bonchev–Trinajstić information content (AvgIpc) is 2.63. The zero-order valence-electron chi connectivity index (χ0n) is 9.16. The summed E-state index contributed by atoms with van der Waals surface area (Å²) in [4.78, 5) is 13.8. The SMILES string of the molecule is CCN(C(=O)NC1CCOC1)C1CNC1. The van der Waals surface area contributed by atoms with Crippen LogP contribution in [0.1, 0.15) is 13.3 Å². The van der Waals surface area contributed by atoms with Crippen LogP contribution in [0, 0.1) is 0 Å². The largest absolute Gasteiger partial charge is 0.379 e. The quantitative estimate of drug-likeness (QED) is 0.681. The van der Waals surface area contributed by atoms with E-state index >= 15 is 0 Å². The Labute approximate surface area is 90.1 Å². The van der Waals surface area contributed by atoms with Crippen LogP contribution in [0.3, 0.4) is 0 Å². The average molecular weight is 213 g/mol. The summed E-state index contributed by atoms with van der Waals surface area (Å²) in [6.07, 6.45) is 0.937. The molecule has 0 aromatic rings. The van der Waals surface area contributed by atoms with Crippen LogP contribution < -0.4 is 10.6 Å². The molecule has 15 heavy (non-hydrogen) atoms. The summed E-state index contributed by atoms with van der Waals surface area (Å²) < 4.78 is 5.23. The Morgan fingerprint density at radius 1 is 1.60 bits per heavy atom. The molecule has 2 amide bonds. The number of urea groups is 1. The fourth-order valence-electron chi connectivity index (χ4n) is 1.97. The number of rotatable bonds is 3. The number of hydrogen-bond acceptors (Lipinski definition) is 3. The molecule has 0 saturated carbocycles. The van der Waals surface area contributed by atoms with Crippen LogP contribution >= 0.6 is 0 Å². The van der Waals surface area contributed by atoms with Crippen molar-refractivity contribution in [2.45, 2.75) is 25.4 Å². The minimum atomic E-state index is 0.0551. The predicted molar refractivity (Wildman–Crippen MR) is 56.8 cm³/mol. The molecule has 0 aromatic carbocycles. The van der Waals surface area contributed by atoms with Gasteiger partial charge in [0, 0.05) is 26.2 Å². The highest BCUT2D eigenvalue weighted by atomic mass is 16.5. The van der Waals surface area contributed by atoms with Crippen molar-refractivity contribution < 1.29 is 9.53 Å². The zero-order chi connectivity index (χ0) is 10.7. The van der Waals surface area contributed by atoms with E-state index in [0.29, 0.717) is 12.6 Å². The maximum Gasteiger partial charge on any atom is 0.318 e. The first-order valence-electron chi connectivity index (χ1n) is 5.67. The molecule has 0 aromatic heterocycles. The van der Waals surface area contributed by atoms with Gasteiger partial charge in [0.25, 0.3) is 0 Å². The van der Waals surface area contributed by atoms with E-state index in [1.165, 1.54) is 0 Å². The number of carbonyl (C=O) groups excluding carboxylic acids is 1. The number of nitrogens with zero attached hydrogens (tertiary/aromatic N) is 1. The molecule has 86 valence electrons. The second-order valence-corrected chi connectivity index (χ2v) is 4.11. The van der Waals surface area contributed by atoms with Crippen molar-refractivity contribution in [3.63, 3.8) is 0 Å². The number of carbonyl (C=O) groups is 1. The van der Waals surface area contributed by atoms with Gasteiger partial charge < -0.3 is 20.3 Å². The summed E-state index contributed by atoms with van der Waals surface area (Å²) in [5, 5.41) is 6.19. The van der Waals surface area contributed by atoms with Crippen molar-refractivity contribution in [2.75, 3.05) is 32.8 Å². The Hall–Kier alpha value is -0.810. The lowest BCUT2D eigenvalue weighted by Gasteiger charge is -2.38. The lowest BCUT2D eigenvalue weighted by Crippen LogP contribution is -2.61. The van der Waals surface area contributed by atoms with E-state index in [1.807, 2.05) is 11.8 Å². The Balaban J connectivity index is 1.81. The number of hydrogen-bond donors (Lipinski definition) is 2. The number of nitrogens with one attached hydrogen (secondary N) is 2. The van der Waals surface area contributed by atoms with Crippen LogP contribution in [-0.2, 0) is 4.74 Å². The van der Waals surface area contributed by atoms with E-state index in [0.717, 1.165) is 32.7 Å². The van der Waals surface area contributed by atoms with Crippen LogP contribution in [0.4, 0.5) is 4.79 Å². The topological polar surface area (TPSA) is 53.6 Å². The highest BCUT2D eigenvalue weighted by molar-refractivity contribution is 5.75. The van der Waals surface area contributed by atoms with E-state index in [9.17, 15) is 4.79 Å². The molecule has 2 aliphatic heterocycles. The molecule has 2 saturated heterocycles. The summed E-state index contributed by atoms with van der Waals surface area (Å²) in [5.74, 6) is 0. The van der Waals surface area contributed by atoms with Gasteiger partial charge >= 0.3 is 6.03 Å². The third-order valence-electron chi connectivity index (χ3n) is 3.06. The van der Waals surface area contributed by atoms with Gasteiger partial charge in [0.1, 0.15) is 0 Å². The molecule has 1 unspecified atom stereocenters. The van der Waals surface area contributed by atoms with E-state index in [1.54, 1.807) is 0 Å². The van der Waals surface area contributed by atoms with Gasteiger partial charge in [-0.2, -0.15) is 0 Å². The molecule has 2 fully saturated rings. The summed E-state index contributed by atoms with van der Waals surface area (Å²) >= 11 is 0. The van der Waals surface area contributed by atoms with Gasteiger partial charge in [-0.1, -0.05) is 0 Å². The van der Waals surface area contributed by atoms with Crippen molar-refractivity contribution in [1.29, 1.82) is 0 Å². The second-order valence-electron chi connectivity index (χ2n) is 4.11. The third kappa shape index (κ3) is 2.41. The van der Waals surface area contributed by atoms with E-state index in [4.69, 9.17) is 4.74 Å². The van der Waals surface area contributed by atoms with Gasteiger partial charge in [0.15, 0.2) is 0 Å². The van der Waals surface area contributed by atoms with Crippen molar-refractivity contribution in [1.82, 2.24) is 15.5 Å². The van der Waals surface area contributed by atoms with Crippen LogP contribution in [0.5, 0.6) is 0 Å². The van der Waals surface area contributed by atoms with E-state index in [2.05, 4.69) is 10.6 Å². The van der Waals surface area contributed by atoms with Crippen molar-refractivity contribution in [2.24, 2.45) is 0 Å².